The highest BCUT2D eigenvalue weighted by atomic mass is 32.2. The summed E-state index contributed by atoms with van der Waals surface area (Å²) in [5.41, 5.74) is 1.39. The topological polar surface area (TPSA) is 101 Å². The number of carbonyl (C=O) groups is 1. The van der Waals surface area contributed by atoms with Crippen LogP contribution in [0.2, 0.25) is 0 Å². The summed E-state index contributed by atoms with van der Waals surface area (Å²) >= 11 is 1.29. The van der Waals surface area contributed by atoms with E-state index < -0.39 is 16.1 Å². The molecule has 2 amide bonds. The van der Waals surface area contributed by atoms with E-state index in [-0.39, 0.29) is 5.75 Å². The molecule has 0 aliphatic carbocycles. The lowest BCUT2D eigenvalue weighted by molar-refractivity contribution is 0.262. The van der Waals surface area contributed by atoms with Gasteiger partial charge in [0.15, 0.2) is 5.13 Å². The second-order valence-electron chi connectivity index (χ2n) is 5.65. The Kier molecular flexibility index (Phi) is 5.44. The molecule has 0 unspecified atom stereocenters. The Labute approximate surface area is 156 Å². The van der Waals surface area contributed by atoms with Gasteiger partial charge in [0.25, 0.3) is 0 Å². The third-order valence-electron chi connectivity index (χ3n) is 4.03. The fourth-order valence-corrected chi connectivity index (χ4v) is 4.81. The molecule has 0 atom stereocenters. The van der Waals surface area contributed by atoms with Crippen LogP contribution in [0.3, 0.4) is 0 Å². The molecule has 0 radical (unpaired) electrons. The molecule has 1 aromatic heterocycles. The first-order valence-corrected chi connectivity index (χ1v) is 10.5. The second-order valence-corrected chi connectivity index (χ2v) is 8.99. The lowest BCUT2D eigenvalue weighted by Gasteiger charge is -2.24. The SMILES string of the molecule is CCS(=O)(=O)N1CCc2nc(NC(=O)Nc3ccccc3OC)sc2C1. The third-order valence-corrected chi connectivity index (χ3v) is 6.86. The molecular formula is C16H20N4O4S2. The largest absolute Gasteiger partial charge is 0.495 e. The highest BCUT2D eigenvalue weighted by Gasteiger charge is 2.28. The van der Waals surface area contributed by atoms with Crippen LogP contribution in [-0.4, -0.2) is 43.1 Å². The molecule has 0 saturated carbocycles. The first kappa shape index (κ1) is 18.6. The molecule has 2 aromatic rings. The van der Waals surface area contributed by atoms with Gasteiger partial charge in [-0.1, -0.05) is 23.5 Å². The molecule has 0 fully saturated rings. The van der Waals surface area contributed by atoms with E-state index >= 15 is 0 Å². The summed E-state index contributed by atoms with van der Waals surface area (Å²) < 4.78 is 30.7. The highest BCUT2D eigenvalue weighted by Crippen LogP contribution is 2.30. The number of methoxy groups -OCH3 is 1. The molecule has 2 N–H and O–H groups in total. The fourth-order valence-electron chi connectivity index (χ4n) is 2.64. The van der Waals surface area contributed by atoms with E-state index in [0.717, 1.165) is 10.6 Å². The predicted molar refractivity (Wildman–Crippen MR) is 101 cm³/mol. The number of rotatable bonds is 5. The standard InChI is InChI=1S/C16H20N4O4S2/c1-3-26(22,23)20-9-8-12-14(10-20)25-16(18-12)19-15(21)17-11-6-4-5-7-13(11)24-2/h4-7H,3,8-10H2,1-2H3,(H2,17,18,19,21). The Hall–Kier alpha value is -2.17. The van der Waals surface area contributed by atoms with E-state index in [1.165, 1.54) is 22.8 Å². The summed E-state index contributed by atoms with van der Waals surface area (Å²) in [5, 5.41) is 5.86. The lowest BCUT2D eigenvalue weighted by Crippen LogP contribution is -2.36. The van der Waals surface area contributed by atoms with Crippen molar-refractivity contribution in [2.75, 3.05) is 30.0 Å². The molecule has 26 heavy (non-hydrogen) atoms. The molecule has 0 spiro atoms. The number of hydrogen-bond acceptors (Lipinski definition) is 6. The van der Waals surface area contributed by atoms with Crippen LogP contribution in [0.4, 0.5) is 15.6 Å². The minimum atomic E-state index is -3.23. The number of hydrogen-bond donors (Lipinski definition) is 2. The molecule has 1 aliphatic heterocycles. The Morgan fingerprint density at radius 1 is 1.35 bits per heavy atom. The van der Waals surface area contributed by atoms with Crippen molar-refractivity contribution in [2.45, 2.75) is 19.9 Å². The van der Waals surface area contributed by atoms with Gasteiger partial charge >= 0.3 is 6.03 Å². The van der Waals surface area contributed by atoms with E-state index in [4.69, 9.17) is 4.74 Å². The highest BCUT2D eigenvalue weighted by molar-refractivity contribution is 7.89. The number of anilines is 2. The van der Waals surface area contributed by atoms with E-state index in [9.17, 15) is 13.2 Å². The van der Waals surface area contributed by atoms with Crippen molar-refractivity contribution in [3.8, 4) is 5.75 Å². The molecular weight excluding hydrogens is 376 g/mol. The third kappa shape index (κ3) is 3.97. The summed E-state index contributed by atoms with van der Waals surface area (Å²) in [5.74, 6) is 0.634. The van der Waals surface area contributed by atoms with Gasteiger partial charge in [-0.05, 0) is 19.1 Å². The van der Waals surface area contributed by atoms with Gasteiger partial charge in [-0.25, -0.2) is 18.2 Å². The van der Waals surface area contributed by atoms with E-state index in [1.807, 2.05) is 6.07 Å². The number of urea groups is 1. The Balaban J connectivity index is 1.68. The van der Waals surface area contributed by atoms with Crippen molar-refractivity contribution in [3.05, 3.63) is 34.8 Å². The van der Waals surface area contributed by atoms with Crippen molar-refractivity contribution in [1.82, 2.24) is 9.29 Å². The molecule has 0 saturated heterocycles. The predicted octanol–water partition coefficient (Wildman–Crippen LogP) is 2.50. The number of para-hydroxylation sites is 2. The average molecular weight is 396 g/mol. The zero-order valence-corrected chi connectivity index (χ0v) is 16.1. The van der Waals surface area contributed by atoms with Gasteiger partial charge in [-0.3, -0.25) is 5.32 Å². The van der Waals surface area contributed by atoms with Gasteiger partial charge in [0.2, 0.25) is 10.0 Å². The zero-order valence-electron chi connectivity index (χ0n) is 14.5. The molecule has 3 rings (SSSR count). The Bertz CT molecular complexity index is 911. The summed E-state index contributed by atoms with van der Waals surface area (Å²) in [6.45, 7) is 2.35. The maximum absolute atomic E-state index is 12.2. The van der Waals surface area contributed by atoms with Crippen molar-refractivity contribution in [3.63, 3.8) is 0 Å². The quantitative estimate of drug-likeness (QED) is 0.809. The number of benzene rings is 1. The fraction of sp³-hybridized carbons (Fsp3) is 0.375. The van der Waals surface area contributed by atoms with Crippen molar-refractivity contribution in [1.29, 1.82) is 0 Å². The van der Waals surface area contributed by atoms with Crippen LogP contribution in [0.15, 0.2) is 24.3 Å². The summed E-state index contributed by atoms with van der Waals surface area (Å²) in [6.07, 6.45) is 0.543. The number of nitrogens with zero attached hydrogens (tertiary/aromatic N) is 2. The van der Waals surface area contributed by atoms with Crippen LogP contribution >= 0.6 is 11.3 Å². The average Bonchev–Trinajstić information content (AvgIpc) is 3.03. The van der Waals surface area contributed by atoms with Gasteiger partial charge in [0, 0.05) is 24.4 Å². The minimum absolute atomic E-state index is 0.0769. The van der Waals surface area contributed by atoms with Gasteiger partial charge in [0.1, 0.15) is 5.75 Å². The Morgan fingerprint density at radius 2 is 2.12 bits per heavy atom. The first-order chi connectivity index (χ1) is 12.4. The number of carbonyl (C=O) groups excluding carboxylic acids is 1. The summed E-state index contributed by atoms with van der Waals surface area (Å²) in [4.78, 5) is 17.5. The molecule has 8 nitrogen and oxygen atoms in total. The number of aromatic nitrogens is 1. The van der Waals surface area contributed by atoms with Crippen LogP contribution in [0.25, 0.3) is 0 Å². The van der Waals surface area contributed by atoms with Crippen molar-refractivity contribution in [2.24, 2.45) is 0 Å². The van der Waals surface area contributed by atoms with Crippen LogP contribution in [0, 0.1) is 0 Å². The summed E-state index contributed by atoms with van der Waals surface area (Å²) in [7, 11) is -1.70. The van der Waals surface area contributed by atoms with Gasteiger partial charge in [0.05, 0.1) is 24.2 Å². The maximum atomic E-state index is 12.2. The number of ether oxygens (including phenoxy) is 1. The van der Waals surface area contributed by atoms with E-state index in [0.29, 0.717) is 36.1 Å². The molecule has 1 aromatic carbocycles. The van der Waals surface area contributed by atoms with Gasteiger partial charge < -0.3 is 10.1 Å². The summed E-state index contributed by atoms with van der Waals surface area (Å²) in [6, 6.07) is 6.66. The molecule has 0 bridgehead atoms. The first-order valence-electron chi connectivity index (χ1n) is 8.10. The second kappa shape index (κ2) is 7.60. The maximum Gasteiger partial charge on any atom is 0.325 e. The van der Waals surface area contributed by atoms with Crippen LogP contribution in [0.1, 0.15) is 17.5 Å². The van der Waals surface area contributed by atoms with Crippen LogP contribution in [0.5, 0.6) is 5.75 Å². The van der Waals surface area contributed by atoms with E-state index in [1.54, 1.807) is 25.1 Å². The number of nitrogens with one attached hydrogen (secondary N) is 2. The lowest BCUT2D eigenvalue weighted by atomic mass is 10.2. The van der Waals surface area contributed by atoms with Crippen molar-refractivity contribution < 1.29 is 17.9 Å². The van der Waals surface area contributed by atoms with Gasteiger partial charge in [-0.2, -0.15) is 4.31 Å². The molecule has 1 aliphatic rings. The smallest absolute Gasteiger partial charge is 0.325 e. The normalized spacial score (nSPS) is 14.5. The number of thiazole rings is 1. The monoisotopic (exact) mass is 396 g/mol. The van der Waals surface area contributed by atoms with Crippen molar-refractivity contribution >= 4 is 38.2 Å². The Morgan fingerprint density at radius 3 is 2.85 bits per heavy atom. The number of fused-ring (bicyclic) bond motifs is 1. The minimum Gasteiger partial charge on any atom is -0.495 e. The van der Waals surface area contributed by atoms with E-state index in [2.05, 4.69) is 15.6 Å². The van der Waals surface area contributed by atoms with Crippen LogP contribution < -0.4 is 15.4 Å². The molecule has 140 valence electrons. The molecule has 2 heterocycles. The molecule has 10 heteroatoms. The zero-order chi connectivity index (χ0) is 18.7. The van der Waals surface area contributed by atoms with Gasteiger partial charge in [-0.15, -0.1) is 0 Å². The van der Waals surface area contributed by atoms with Crippen LogP contribution in [-0.2, 0) is 23.0 Å². The number of sulfonamides is 1. The number of amides is 2.